The van der Waals surface area contributed by atoms with E-state index in [0.29, 0.717) is 29.7 Å². The molecular weight excluding hydrogens is 538 g/mol. The first kappa shape index (κ1) is 30.4. The van der Waals surface area contributed by atoms with Crippen molar-refractivity contribution < 1.29 is 4.74 Å². The zero-order valence-corrected chi connectivity index (χ0v) is 26.4. The first-order chi connectivity index (χ1) is 20.5. The van der Waals surface area contributed by atoms with Gasteiger partial charge in [0.15, 0.2) is 0 Å². The smallest absolute Gasteiger partial charge is 0.238 e. The SMILES string of the molecule is C=CN(C=C(C)CC)c1ccc(C2NC3C(CCCC3c3cc(-c4ccccc4)ccc3Cl)CCC2CC)nc1OC. The first-order valence-corrected chi connectivity index (χ1v) is 16.1. The molecule has 1 saturated carbocycles. The number of halogens is 1. The molecule has 0 spiro atoms. The molecule has 5 rings (SSSR count). The predicted molar refractivity (Wildman–Crippen MR) is 177 cm³/mol. The standard InChI is InChI=1S/C37H46ClN3O/c1-6-25(4)24-41(8-3)34-22-21-33(39-37(34)42-5)36-26(7-2)17-18-28-15-12-16-30(35(28)40-36)31-23-29(19-20-32(31)38)27-13-10-9-11-14-27/h8-11,13-14,19-24,26,28,30,35-36,40H,3,6-7,12,15-18H2,1-2,4-5H3. The second-order valence-corrected chi connectivity index (χ2v) is 12.4. The topological polar surface area (TPSA) is 37.4 Å². The number of nitrogens with one attached hydrogen (secondary N) is 1. The fourth-order valence-corrected chi connectivity index (χ4v) is 7.33. The third-order valence-corrected chi connectivity index (χ3v) is 9.92. The highest BCUT2D eigenvalue weighted by molar-refractivity contribution is 6.31. The van der Waals surface area contributed by atoms with E-state index in [4.69, 9.17) is 21.3 Å². The Morgan fingerprint density at radius 3 is 2.57 bits per heavy atom. The molecule has 2 aliphatic rings. The lowest BCUT2D eigenvalue weighted by atomic mass is 9.72. The molecule has 5 heteroatoms. The lowest BCUT2D eigenvalue weighted by Gasteiger charge is -2.40. The van der Waals surface area contributed by atoms with Crippen molar-refractivity contribution in [3.05, 3.63) is 101 Å². The van der Waals surface area contributed by atoms with Gasteiger partial charge in [0.2, 0.25) is 5.88 Å². The minimum Gasteiger partial charge on any atom is -0.479 e. The highest BCUT2D eigenvalue weighted by Crippen LogP contribution is 2.47. The van der Waals surface area contributed by atoms with Crippen molar-refractivity contribution in [3.8, 4) is 17.0 Å². The zero-order valence-electron chi connectivity index (χ0n) is 25.7. The number of hydrogen-bond donors (Lipinski definition) is 1. The van der Waals surface area contributed by atoms with Crippen molar-refractivity contribution in [1.82, 2.24) is 10.3 Å². The molecule has 42 heavy (non-hydrogen) atoms. The van der Waals surface area contributed by atoms with E-state index in [2.05, 4.69) is 99.5 Å². The normalized spacial score (nSPS) is 24.4. The maximum Gasteiger partial charge on any atom is 0.238 e. The Kier molecular flexibility index (Phi) is 10.1. The number of methoxy groups -OCH3 is 1. The van der Waals surface area contributed by atoms with Crippen LogP contribution in [0.25, 0.3) is 11.1 Å². The van der Waals surface area contributed by atoms with E-state index in [-0.39, 0.29) is 6.04 Å². The number of ether oxygens (including phenoxy) is 1. The molecule has 1 saturated heterocycles. The molecule has 1 aliphatic heterocycles. The molecule has 2 aromatic carbocycles. The fraction of sp³-hybridized carbons (Fsp3) is 0.432. The average molecular weight is 584 g/mol. The number of anilines is 1. The Bertz CT molecular complexity index is 1390. The van der Waals surface area contributed by atoms with Gasteiger partial charge in [-0.05, 0) is 91.8 Å². The van der Waals surface area contributed by atoms with Crippen LogP contribution in [0.2, 0.25) is 5.02 Å². The van der Waals surface area contributed by atoms with Crippen LogP contribution in [-0.4, -0.2) is 18.1 Å². The highest BCUT2D eigenvalue weighted by atomic mass is 35.5. The van der Waals surface area contributed by atoms with Crippen LogP contribution < -0.4 is 15.0 Å². The van der Waals surface area contributed by atoms with Crippen LogP contribution >= 0.6 is 11.6 Å². The van der Waals surface area contributed by atoms with Crippen LogP contribution in [0, 0.1) is 11.8 Å². The molecule has 2 heterocycles. The van der Waals surface area contributed by atoms with Gasteiger partial charge in [0, 0.05) is 29.4 Å². The zero-order chi connectivity index (χ0) is 29.6. The van der Waals surface area contributed by atoms with Crippen molar-refractivity contribution in [2.45, 2.75) is 83.7 Å². The second-order valence-electron chi connectivity index (χ2n) is 12.0. The van der Waals surface area contributed by atoms with E-state index in [1.807, 2.05) is 11.1 Å². The van der Waals surface area contributed by atoms with Gasteiger partial charge in [-0.2, -0.15) is 0 Å². The van der Waals surface area contributed by atoms with Crippen molar-refractivity contribution in [3.63, 3.8) is 0 Å². The third-order valence-electron chi connectivity index (χ3n) is 9.58. The lowest BCUT2D eigenvalue weighted by molar-refractivity contribution is 0.219. The summed E-state index contributed by atoms with van der Waals surface area (Å²) in [6, 6.07) is 22.0. The number of allylic oxidation sites excluding steroid dienone is 1. The summed E-state index contributed by atoms with van der Waals surface area (Å²) < 4.78 is 5.87. The molecule has 222 valence electrons. The Balaban J connectivity index is 1.50. The van der Waals surface area contributed by atoms with Crippen LogP contribution in [0.3, 0.4) is 0 Å². The van der Waals surface area contributed by atoms with Gasteiger partial charge in [0.05, 0.1) is 18.8 Å². The lowest BCUT2D eigenvalue weighted by Crippen LogP contribution is -2.45. The minimum absolute atomic E-state index is 0.148. The van der Waals surface area contributed by atoms with E-state index in [9.17, 15) is 0 Å². The van der Waals surface area contributed by atoms with Gasteiger partial charge in [-0.25, -0.2) is 4.98 Å². The molecule has 0 bridgehead atoms. The number of pyridine rings is 1. The molecule has 1 N–H and O–H groups in total. The van der Waals surface area contributed by atoms with Crippen molar-refractivity contribution >= 4 is 17.3 Å². The van der Waals surface area contributed by atoms with E-state index < -0.39 is 0 Å². The summed E-state index contributed by atoms with van der Waals surface area (Å²) in [4.78, 5) is 7.15. The molecule has 2 fully saturated rings. The Morgan fingerprint density at radius 1 is 1.05 bits per heavy atom. The number of hydrogen-bond acceptors (Lipinski definition) is 4. The first-order valence-electron chi connectivity index (χ1n) is 15.7. The summed E-state index contributed by atoms with van der Waals surface area (Å²) in [5, 5.41) is 5.08. The average Bonchev–Trinajstić information content (AvgIpc) is 3.23. The number of fused-ring (bicyclic) bond motifs is 1. The fourth-order valence-electron chi connectivity index (χ4n) is 7.07. The van der Waals surface area contributed by atoms with E-state index >= 15 is 0 Å². The minimum atomic E-state index is 0.148. The summed E-state index contributed by atoms with van der Waals surface area (Å²) >= 11 is 6.97. The second kappa shape index (κ2) is 13.9. The molecule has 0 radical (unpaired) electrons. The number of benzene rings is 2. The molecule has 0 amide bonds. The van der Waals surface area contributed by atoms with Crippen LogP contribution in [0.4, 0.5) is 5.69 Å². The maximum atomic E-state index is 6.97. The molecule has 5 unspecified atom stereocenters. The Hall–Kier alpha value is -3.08. The predicted octanol–water partition coefficient (Wildman–Crippen LogP) is 10.1. The Morgan fingerprint density at radius 2 is 1.86 bits per heavy atom. The van der Waals surface area contributed by atoms with Crippen molar-refractivity contribution in [1.29, 1.82) is 0 Å². The quantitative estimate of drug-likeness (QED) is 0.272. The van der Waals surface area contributed by atoms with Crippen LogP contribution in [-0.2, 0) is 0 Å². The van der Waals surface area contributed by atoms with Gasteiger partial charge in [-0.3, -0.25) is 0 Å². The summed E-state index contributed by atoms with van der Waals surface area (Å²) in [5.41, 5.74) is 6.96. The van der Waals surface area contributed by atoms with Gasteiger partial charge >= 0.3 is 0 Å². The Labute approximate surface area is 257 Å². The van der Waals surface area contributed by atoms with E-state index in [1.54, 1.807) is 7.11 Å². The van der Waals surface area contributed by atoms with Crippen molar-refractivity contribution in [2.75, 3.05) is 12.0 Å². The molecule has 5 atom stereocenters. The number of aromatic nitrogens is 1. The third kappa shape index (κ3) is 6.45. The van der Waals surface area contributed by atoms with Gasteiger partial charge in [-0.15, -0.1) is 0 Å². The van der Waals surface area contributed by atoms with Gasteiger partial charge in [0.25, 0.3) is 0 Å². The van der Waals surface area contributed by atoms with Gasteiger partial charge < -0.3 is 15.0 Å². The number of rotatable bonds is 9. The largest absolute Gasteiger partial charge is 0.479 e. The number of nitrogens with zero attached hydrogens (tertiary/aromatic N) is 2. The highest BCUT2D eigenvalue weighted by Gasteiger charge is 2.41. The molecule has 3 aromatic rings. The maximum absolute atomic E-state index is 6.97. The summed E-state index contributed by atoms with van der Waals surface area (Å²) in [7, 11) is 1.71. The van der Waals surface area contributed by atoms with Gasteiger partial charge in [-0.1, -0.05) is 86.8 Å². The molecule has 1 aromatic heterocycles. The summed E-state index contributed by atoms with van der Waals surface area (Å²) in [6.45, 7) is 10.6. The van der Waals surface area contributed by atoms with E-state index in [0.717, 1.165) is 35.7 Å². The molecule has 1 aliphatic carbocycles. The summed E-state index contributed by atoms with van der Waals surface area (Å²) in [5.74, 6) is 2.11. The van der Waals surface area contributed by atoms with E-state index in [1.165, 1.54) is 47.9 Å². The van der Waals surface area contributed by atoms with Crippen LogP contribution in [0.5, 0.6) is 5.88 Å². The van der Waals surface area contributed by atoms with Crippen LogP contribution in [0.1, 0.15) is 88.9 Å². The van der Waals surface area contributed by atoms with Gasteiger partial charge in [0.1, 0.15) is 5.69 Å². The monoisotopic (exact) mass is 583 g/mol. The summed E-state index contributed by atoms with van der Waals surface area (Å²) in [6.07, 6.45) is 12.1. The molecule has 4 nitrogen and oxygen atoms in total. The van der Waals surface area contributed by atoms with Crippen LogP contribution in [0.15, 0.2) is 85.2 Å². The molecular formula is C37H46ClN3O. The van der Waals surface area contributed by atoms with Crippen molar-refractivity contribution in [2.24, 2.45) is 11.8 Å².